The van der Waals surface area contributed by atoms with Gasteiger partial charge in [-0.15, -0.1) is 0 Å². The molecule has 0 aromatic heterocycles. The highest BCUT2D eigenvalue weighted by Crippen LogP contribution is 2.20. The molecule has 31 heavy (non-hydrogen) atoms. The monoisotopic (exact) mass is 444 g/mol. The molecule has 3 aromatic rings. The number of nitrogens with one attached hydrogen (secondary N) is 2. The number of halogens is 2. The van der Waals surface area contributed by atoms with E-state index < -0.39 is 32.5 Å². The summed E-state index contributed by atoms with van der Waals surface area (Å²) in [5.41, 5.74) is 2.15. The van der Waals surface area contributed by atoms with Crippen LogP contribution in [0.4, 0.5) is 14.5 Å². The van der Waals surface area contributed by atoms with Gasteiger partial charge in [-0.1, -0.05) is 38.1 Å². The molecule has 0 aliphatic carbocycles. The van der Waals surface area contributed by atoms with E-state index in [1.165, 1.54) is 30.3 Å². The summed E-state index contributed by atoms with van der Waals surface area (Å²) in [5, 5.41) is 2.67. The van der Waals surface area contributed by atoms with Crippen molar-refractivity contribution in [2.24, 2.45) is 0 Å². The first-order valence-corrected chi connectivity index (χ1v) is 11.1. The minimum Gasteiger partial charge on any atom is -0.322 e. The Bertz CT molecular complexity index is 1180. The van der Waals surface area contributed by atoms with E-state index >= 15 is 0 Å². The predicted molar refractivity (Wildman–Crippen MR) is 115 cm³/mol. The first-order valence-electron chi connectivity index (χ1n) is 9.60. The van der Waals surface area contributed by atoms with Crippen molar-refractivity contribution in [2.75, 3.05) is 5.32 Å². The third kappa shape index (κ3) is 5.74. The summed E-state index contributed by atoms with van der Waals surface area (Å²) >= 11 is 0. The highest BCUT2D eigenvalue weighted by atomic mass is 32.2. The lowest BCUT2D eigenvalue weighted by molar-refractivity contribution is 0.102. The van der Waals surface area contributed by atoms with Crippen LogP contribution in [-0.2, 0) is 16.6 Å². The summed E-state index contributed by atoms with van der Waals surface area (Å²) in [6.07, 6.45) is 0. The minimum atomic E-state index is -4.24. The Labute approximate surface area is 180 Å². The van der Waals surface area contributed by atoms with E-state index in [2.05, 4.69) is 23.9 Å². The molecule has 0 spiro atoms. The van der Waals surface area contributed by atoms with Gasteiger partial charge in [0.1, 0.15) is 16.5 Å². The van der Waals surface area contributed by atoms with Gasteiger partial charge >= 0.3 is 0 Å². The molecule has 0 heterocycles. The van der Waals surface area contributed by atoms with Gasteiger partial charge in [-0.25, -0.2) is 21.9 Å². The fourth-order valence-corrected chi connectivity index (χ4v) is 3.98. The summed E-state index contributed by atoms with van der Waals surface area (Å²) in [6, 6.07) is 15.6. The topological polar surface area (TPSA) is 75.3 Å². The van der Waals surface area contributed by atoms with Crippen LogP contribution in [0.25, 0.3) is 0 Å². The van der Waals surface area contributed by atoms with Crippen molar-refractivity contribution in [1.29, 1.82) is 0 Å². The third-order valence-electron chi connectivity index (χ3n) is 4.70. The van der Waals surface area contributed by atoms with Gasteiger partial charge in [-0.05, 0) is 59.5 Å². The van der Waals surface area contributed by atoms with E-state index in [9.17, 15) is 22.0 Å². The molecular formula is C23H22F2N2O3S. The molecule has 1 amide bonds. The number of carbonyl (C=O) groups is 1. The quantitative estimate of drug-likeness (QED) is 0.549. The van der Waals surface area contributed by atoms with Crippen molar-refractivity contribution in [3.05, 3.63) is 95.1 Å². The lowest BCUT2D eigenvalue weighted by atomic mass is 10.0. The minimum absolute atomic E-state index is 0.00325. The van der Waals surface area contributed by atoms with E-state index in [0.717, 1.165) is 17.7 Å². The van der Waals surface area contributed by atoms with Gasteiger partial charge in [-0.2, -0.15) is 0 Å². The highest BCUT2D eigenvalue weighted by molar-refractivity contribution is 7.89. The van der Waals surface area contributed by atoms with Crippen molar-refractivity contribution >= 4 is 21.6 Å². The van der Waals surface area contributed by atoms with Crippen LogP contribution in [0.1, 0.15) is 41.3 Å². The number of benzene rings is 3. The number of rotatable bonds is 7. The summed E-state index contributed by atoms with van der Waals surface area (Å²) in [6.45, 7) is 3.96. The molecule has 0 saturated carbocycles. The maximum absolute atomic E-state index is 14.3. The molecule has 0 fully saturated rings. The predicted octanol–water partition coefficient (Wildman–Crippen LogP) is 4.82. The van der Waals surface area contributed by atoms with Crippen molar-refractivity contribution in [1.82, 2.24) is 4.72 Å². The van der Waals surface area contributed by atoms with Crippen molar-refractivity contribution in [3.63, 3.8) is 0 Å². The van der Waals surface area contributed by atoms with Gasteiger partial charge in [0.15, 0.2) is 0 Å². The summed E-state index contributed by atoms with van der Waals surface area (Å²) in [4.78, 5) is 11.9. The van der Waals surface area contributed by atoms with Gasteiger partial charge in [-0.3, -0.25) is 4.79 Å². The third-order valence-corrected chi connectivity index (χ3v) is 6.11. The van der Waals surface area contributed by atoms with Crippen molar-refractivity contribution < 1.29 is 22.0 Å². The number of carbonyl (C=O) groups excluding carboxylic acids is 1. The number of sulfonamides is 1. The Morgan fingerprint density at radius 2 is 1.58 bits per heavy atom. The molecule has 0 saturated heterocycles. The van der Waals surface area contributed by atoms with Gasteiger partial charge < -0.3 is 5.32 Å². The average molecular weight is 445 g/mol. The smallest absolute Gasteiger partial charge is 0.255 e. The highest BCUT2D eigenvalue weighted by Gasteiger charge is 2.21. The van der Waals surface area contributed by atoms with E-state index in [4.69, 9.17) is 0 Å². The Balaban J connectivity index is 1.76. The molecule has 0 unspecified atom stereocenters. The molecule has 2 N–H and O–H groups in total. The first kappa shape index (κ1) is 22.6. The van der Waals surface area contributed by atoms with Gasteiger partial charge in [0, 0.05) is 17.8 Å². The SMILES string of the molecule is CC(C)c1ccc(NC(=O)c2ccc(F)c(S(=O)(=O)NCc3ccc(F)cc3)c2)cc1. The second-order valence-electron chi connectivity index (χ2n) is 7.33. The summed E-state index contributed by atoms with van der Waals surface area (Å²) < 4.78 is 54.6. The zero-order chi connectivity index (χ0) is 22.6. The Kier molecular flexibility index (Phi) is 6.82. The van der Waals surface area contributed by atoms with Crippen LogP contribution in [0, 0.1) is 11.6 Å². The molecule has 0 aliphatic rings. The lowest BCUT2D eigenvalue weighted by Crippen LogP contribution is -2.25. The zero-order valence-electron chi connectivity index (χ0n) is 17.0. The van der Waals surface area contributed by atoms with Gasteiger partial charge in [0.25, 0.3) is 5.91 Å². The molecule has 0 bridgehead atoms. The maximum atomic E-state index is 14.3. The van der Waals surface area contributed by atoms with Crippen LogP contribution in [0.5, 0.6) is 0 Å². The molecule has 162 valence electrons. The van der Waals surface area contributed by atoms with Crippen LogP contribution in [0.3, 0.4) is 0 Å². The molecule has 8 heteroatoms. The first-order chi connectivity index (χ1) is 14.7. The van der Waals surface area contributed by atoms with Crippen molar-refractivity contribution in [3.8, 4) is 0 Å². The van der Waals surface area contributed by atoms with Crippen molar-refractivity contribution in [2.45, 2.75) is 31.2 Å². The van der Waals surface area contributed by atoms with E-state index in [-0.39, 0.29) is 12.1 Å². The standard InChI is InChI=1S/C23H22F2N2O3S/c1-15(2)17-5-10-20(11-6-17)27-23(28)18-7-12-21(25)22(13-18)31(29,30)26-14-16-3-8-19(24)9-4-16/h3-13,15,26H,14H2,1-2H3,(H,27,28). The fraction of sp³-hybridized carbons (Fsp3) is 0.174. The van der Waals surface area contributed by atoms with Crippen LogP contribution < -0.4 is 10.0 Å². The summed E-state index contributed by atoms with van der Waals surface area (Å²) in [5.74, 6) is -1.65. The second-order valence-corrected chi connectivity index (χ2v) is 9.06. The van der Waals surface area contributed by atoms with Crippen LogP contribution in [0.2, 0.25) is 0 Å². The Morgan fingerprint density at radius 3 is 2.19 bits per heavy atom. The second kappa shape index (κ2) is 9.36. The zero-order valence-corrected chi connectivity index (χ0v) is 17.8. The number of hydrogen-bond donors (Lipinski definition) is 2. The Morgan fingerprint density at radius 1 is 0.935 bits per heavy atom. The molecule has 0 radical (unpaired) electrons. The maximum Gasteiger partial charge on any atom is 0.255 e. The molecule has 5 nitrogen and oxygen atoms in total. The average Bonchev–Trinajstić information content (AvgIpc) is 2.74. The number of amides is 1. The van der Waals surface area contributed by atoms with Gasteiger partial charge in [0.05, 0.1) is 0 Å². The van der Waals surface area contributed by atoms with Crippen LogP contribution >= 0.6 is 0 Å². The molecule has 0 aliphatic heterocycles. The molecule has 3 aromatic carbocycles. The lowest BCUT2D eigenvalue weighted by Gasteiger charge is -2.11. The number of hydrogen-bond acceptors (Lipinski definition) is 3. The normalized spacial score (nSPS) is 11.5. The van der Waals surface area contributed by atoms with Crippen LogP contribution in [0.15, 0.2) is 71.6 Å². The molecule has 0 atom stereocenters. The van der Waals surface area contributed by atoms with E-state index in [1.807, 2.05) is 12.1 Å². The largest absolute Gasteiger partial charge is 0.322 e. The molecule has 3 rings (SSSR count). The van der Waals surface area contributed by atoms with E-state index in [0.29, 0.717) is 17.2 Å². The summed E-state index contributed by atoms with van der Waals surface area (Å²) in [7, 11) is -4.24. The van der Waals surface area contributed by atoms with Gasteiger partial charge in [0.2, 0.25) is 10.0 Å². The molecular weight excluding hydrogens is 422 g/mol. The van der Waals surface area contributed by atoms with Crippen LogP contribution in [-0.4, -0.2) is 14.3 Å². The fourth-order valence-electron chi connectivity index (χ4n) is 2.86. The Hall–Kier alpha value is -3.10. The van der Waals surface area contributed by atoms with E-state index in [1.54, 1.807) is 12.1 Å². The number of anilines is 1.